The maximum absolute atomic E-state index is 5.99. The van der Waals surface area contributed by atoms with Crippen molar-refractivity contribution in [2.75, 3.05) is 27.2 Å². The Morgan fingerprint density at radius 3 is 2.83 bits per heavy atom. The number of para-hydroxylation sites is 1. The van der Waals surface area contributed by atoms with Gasteiger partial charge in [-0.3, -0.25) is 4.90 Å². The smallest absolute Gasteiger partial charge is 0.123 e. The second-order valence-corrected chi connectivity index (χ2v) is 5.16. The van der Waals surface area contributed by atoms with Crippen molar-refractivity contribution < 1.29 is 4.74 Å². The third-order valence-corrected chi connectivity index (χ3v) is 4.02. The fourth-order valence-corrected chi connectivity index (χ4v) is 3.07. The second kappa shape index (κ2) is 6.21. The fraction of sp³-hybridized carbons (Fsp3) is 0.600. The summed E-state index contributed by atoms with van der Waals surface area (Å²) in [6, 6.07) is 8.71. The summed E-state index contributed by atoms with van der Waals surface area (Å²) in [5.41, 5.74) is 7.26. The standard InChI is InChI=1S/C15H24N2O/c1-17-10-6-5-7-12(11-16)15(17)13-8-3-4-9-14(13)18-2/h3-4,8-9,12,15H,5-7,10-11,16H2,1-2H3. The quantitative estimate of drug-likeness (QED) is 0.893. The minimum absolute atomic E-state index is 0.383. The molecule has 2 rings (SSSR count). The lowest BCUT2D eigenvalue weighted by Crippen LogP contribution is -2.33. The van der Waals surface area contributed by atoms with E-state index in [1.807, 2.05) is 12.1 Å². The normalized spacial score (nSPS) is 25.7. The molecule has 1 aromatic rings. The van der Waals surface area contributed by atoms with Gasteiger partial charge in [0.05, 0.1) is 7.11 Å². The zero-order chi connectivity index (χ0) is 13.0. The molecule has 0 aliphatic carbocycles. The summed E-state index contributed by atoms with van der Waals surface area (Å²) in [6.07, 6.45) is 3.75. The molecule has 100 valence electrons. The Hall–Kier alpha value is -1.06. The Labute approximate surface area is 110 Å². The first kappa shape index (κ1) is 13.4. The number of benzene rings is 1. The van der Waals surface area contributed by atoms with E-state index in [2.05, 4.69) is 24.1 Å². The van der Waals surface area contributed by atoms with Crippen molar-refractivity contribution in [2.24, 2.45) is 11.7 Å². The van der Waals surface area contributed by atoms with E-state index < -0.39 is 0 Å². The van der Waals surface area contributed by atoms with E-state index in [1.54, 1.807) is 7.11 Å². The summed E-state index contributed by atoms with van der Waals surface area (Å²) in [5, 5.41) is 0. The van der Waals surface area contributed by atoms with Crippen LogP contribution < -0.4 is 10.5 Å². The average molecular weight is 248 g/mol. The van der Waals surface area contributed by atoms with E-state index in [4.69, 9.17) is 10.5 Å². The van der Waals surface area contributed by atoms with Gasteiger partial charge in [-0.1, -0.05) is 24.6 Å². The van der Waals surface area contributed by atoms with Crippen LogP contribution in [-0.4, -0.2) is 32.1 Å². The van der Waals surface area contributed by atoms with Gasteiger partial charge >= 0.3 is 0 Å². The van der Waals surface area contributed by atoms with Gasteiger partial charge in [-0.25, -0.2) is 0 Å². The van der Waals surface area contributed by atoms with Crippen LogP contribution in [0.2, 0.25) is 0 Å². The molecule has 1 aromatic carbocycles. The first-order valence-corrected chi connectivity index (χ1v) is 6.81. The van der Waals surface area contributed by atoms with Crippen LogP contribution in [-0.2, 0) is 0 Å². The molecule has 2 atom stereocenters. The lowest BCUT2D eigenvalue weighted by atomic mass is 9.89. The van der Waals surface area contributed by atoms with Crippen LogP contribution in [0, 0.1) is 5.92 Å². The predicted molar refractivity (Wildman–Crippen MR) is 74.8 cm³/mol. The van der Waals surface area contributed by atoms with Crippen molar-refractivity contribution >= 4 is 0 Å². The molecule has 2 N–H and O–H groups in total. The highest BCUT2D eigenvalue weighted by molar-refractivity contribution is 5.36. The Kier molecular flexibility index (Phi) is 4.61. The SMILES string of the molecule is COc1ccccc1C1C(CN)CCCCN1C. The molecule has 2 unspecified atom stereocenters. The van der Waals surface area contributed by atoms with Crippen LogP contribution in [0.25, 0.3) is 0 Å². The summed E-state index contributed by atoms with van der Waals surface area (Å²) in [7, 11) is 3.94. The maximum Gasteiger partial charge on any atom is 0.123 e. The maximum atomic E-state index is 5.99. The van der Waals surface area contributed by atoms with Gasteiger partial charge in [0, 0.05) is 11.6 Å². The van der Waals surface area contributed by atoms with Gasteiger partial charge < -0.3 is 10.5 Å². The first-order chi connectivity index (χ1) is 8.77. The number of hydrogen-bond acceptors (Lipinski definition) is 3. The minimum atomic E-state index is 0.383. The van der Waals surface area contributed by atoms with E-state index in [0.717, 1.165) is 18.8 Å². The van der Waals surface area contributed by atoms with Gasteiger partial charge in [-0.05, 0) is 45.0 Å². The number of methoxy groups -OCH3 is 1. The Balaban J connectivity index is 2.36. The highest BCUT2D eigenvalue weighted by atomic mass is 16.5. The van der Waals surface area contributed by atoms with Crippen LogP contribution in [0.15, 0.2) is 24.3 Å². The van der Waals surface area contributed by atoms with E-state index in [9.17, 15) is 0 Å². The highest BCUT2D eigenvalue weighted by Crippen LogP contribution is 2.37. The minimum Gasteiger partial charge on any atom is -0.496 e. The predicted octanol–water partition coefficient (Wildman–Crippen LogP) is 2.43. The zero-order valence-electron chi connectivity index (χ0n) is 11.4. The van der Waals surface area contributed by atoms with Gasteiger partial charge in [0.2, 0.25) is 0 Å². The molecular formula is C15H24N2O. The molecule has 1 heterocycles. The van der Waals surface area contributed by atoms with E-state index >= 15 is 0 Å². The molecule has 1 aliphatic rings. The molecule has 3 nitrogen and oxygen atoms in total. The van der Waals surface area contributed by atoms with Crippen molar-refractivity contribution in [3.63, 3.8) is 0 Å². The molecule has 0 radical (unpaired) electrons. The van der Waals surface area contributed by atoms with Gasteiger partial charge in [-0.15, -0.1) is 0 Å². The van der Waals surface area contributed by atoms with E-state index in [1.165, 1.54) is 24.8 Å². The lowest BCUT2D eigenvalue weighted by molar-refractivity contribution is 0.191. The van der Waals surface area contributed by atoms with E-state index in [0.29, 0.717) is 12.0 Å². The van der Waals surface area contributed by atoms with Crippen molar-refractivity contribution in [3.8, 4) is 5.75 Å². The second-order valence-electron chi connectivity index (χ2n) is 5.16. The highest BCUT2D eigenvalue weighted by Gasteiger charge is 2.29. The number of rotatable bonds is 3. The summed E-state index contributed by atoms with van der Waals surface area (Å²) in [6.45, 7) is 1.88. The van der Waals surface area contributed by atoms with Crippen LogP contribution in [0.5, 0.6) is 5.75 Å². The van der Waals surface area contributed by atoms with Crippen molar-refractivity contribution in [1.29, 1.82) is 0 Å². The topological polar surface area (TPSA) is 38.5 Å². The van der Waals surface area contributed by atoms with Gasteiger partial charge in [0.25, 0.3) is 0 Å². The van der Waals surface area contributed by atoms with Crippen LogP contribution in [0.3, 0.4) is 0 Å². The summed E-state index contributed by atoms with van der Waals surface area (Å²) in [5.74, 6) is 1.50. The molecule has 18 heavy (non-hydrogen) atoms. The fourth-order valence-electron chi connectivity index (χ4n) is 3.07. The van der Waals surface area contributed by atoms with Gasteiger partial charge in [0.15, 0.2) is 0 Å². The largest absolute Gasteiger partial charge is 0.496 e. The van der Waals surface area contributed by atoms with Crippen molar-refractivity contribution in [3.05, 3.63) is 29.8 Å². The van der Waals surface area contributed by atoms with Gasteiger partial charge in [0.1, 0.15) is 5.75 Å². The number of nitrogens with zero attached hydrogens (tertiary/aromatic N) is 1. The third kappa shape index (κ3) is 2.68. The Bertz CT molecular complexity index is 381. The molecule has 1 aliphatic heterocycles. The zero-order valence-corrected chi connectivity index (χ0v) is 11.4. The molecule has 1 fully saturated rings. The molecule has 0 bridgehead atoms. The number of nitrogens with two attached hydrogens (primary N) is 1. The van der Waals surface area contributed by atoms with Crippen molar-refractivity contribution in [2.45, 2.75) is 25.3 Å². The molecule has 0 aromatic heterocycles. The summed E-state index contributed by atoms with van der Waals surface area (Å²) >= 11 is 0. The molecular weight excluding hydrogens is 224 g/mol. The molecule has 3 heteroatoms. The first-order valence-electron chi connectivity index (χ1n) is 6.81. The molecule has 0 saturated carbocycles. The summed E-state index contributed by atoms with van der Waals surface area (Å²) in [4.78, 5) is 2.43. The van der Waals surface area contributed by atoms with Crippen LogP contribution >= 0.6 is 0 Å². The molecule has 0 spiro atoms. The van der Waals surface area contributed by atoms with Crippen molar-refractivity contribution in [1.82, 2.24) is 4.90 Å². The number of hydrogen-bond donors (Lipinski definition) is 1. The van der Waals surface area contributed by atoms with Crippen LogP contribution in [0.1, 0.15) is 30.9 Å². The molecule has 0 amide bonds. The average Bonchev–Trinajstić information content (AvgIpc) is 2.60. The van der Waals surface area contributed by atoms with Crippen LogP contribution in [0.4, 0.5) is 0 Å². The molecule has 1 saturated heterocycles. The summed E-state index contributed by atoms with van der Waals surface area (Å²) < 4.78 is 5.51. The Morgan fingerprint density at radius 1 is 1.33 bits per heavy atom. The Morgan fingerprint density at radius 2 is 2.11 bits per heavy atom. The van der Waals surface area contributed by atoms with Gasteiger partial charge in [-0.2, -0.15) is 0 Å². The number of ether oxygens (including phenoxy) is 1. The lowest BCUT2D eigenvalue weighted by Gasteiger charge is -2.33. The number of likely N-dealkylation sites (tertiary alicyclic amines) is 1. The third-order valence-electron chi connectivity index (χ3n) is 4.02. The monoisotopic (exact) mass is 248 g/mol. The van der Waals surface area contributed by atoms with E-state index in [-0.39, 0.29) is 0 Å².